The fourth-order valence-corrected chi connectivity index (χ4v) is 5.04. The van der Waals surface area contributed by atoms with E-state index in [-0.39, 0.29) is 11.8 Å². The van der Waals surface area contributed by atoms with Gasteiger partial charge in [-0.1, -0.05) is 63.2 Å². The third-order valence-corrected chi connectivity index (χ3v) is 7.32. The number of aromatic nitrogens is 2. The fraction of sp³-hybridized carbons (Fsp3) is 0.233. The number of aliphatic imine (C=N–C) groups is 2. The number of benzene rings is 3. The Balaban J connectivity index is 1.23. The quantitative estimate of drug-likeness (QED) is 0.369. The molecule has 8 heteroatoms. The lowest BCUT2D eigenvalue weighted by atomic mass is 9.91. The van der Waals surface area contributed by atoms with E-state index in [1.54, 1.807) is 6.07 Å². The van der Waals surface area contributed by atoms with Crippen LogP contribution in [-0.4, -0.2) is 34.1 Å². The van der Waals surface area contributed by atoms with Crippen LogP contribution in [0.5, 0.6) is 0 Å². The van der Waals surface area contributed by atoms with Crippen molar-refractivity contribution in [3.63, 3.8) is 0 Å². The summed E-state index contributed by atoms with van der Waals surface area (Å²) in [5, 5.41) is 7.60. The van der Waals surface area contributed by atoms with Gasteiger partial charge in [-0.25, -0.2) is 9.79 Å². The maximum Gasteiger partial charge on any atom is 0.326 e. The number of carbonyl (C=O) groups excluding carboxylic acids is 1. The molecule has 2 aliphatic rings. The van der Waals surface area contributed by atoms with Crippen LogP contribution in [0.25, 0.3) is 33.8 Å². The highest BCUT2D eigenvalue weighted by Gasteiger charge is 2.27. The van der Waals surface area contributed by atoms with Crippen molar-refractivity contribution in [2.45, 2.75) is 32.6 Å². The summed E-state index contributed by atoms with van der Waals surface area (Å²) in [6.07, 6.45) is 3.94. The summed E-state index contributed by atoms with van der Waals surface area (Å²) in [7, 11) is 0. The highest BCUT2D eigenvalue weighted by Crippen LogP contribution is 2.24. The van der Waals surface area contributed by atoms with Crippen molar-refractivity contribution in [3.8, 4) is 0 Å². The zero-order valence-corrected chi connectivity index (χ0v) is 21.3. The van der Waals surface area contributed by atoms with Crippen molar-refractivity contribution in [1.29, 1.82) is 0 Å². The van der Waals surface area contributed by atoms with E-state index < -0.39 is 17.2 Å². The molecular formula is C30H27N5O3. The number of fused-ring (bicyclic) bond motifs is 4. The zero-order valence-electron chi connectivity index (χ0n) is 21.3. The van der Waals surface area contributed by atoms with E-state index in [9.17, 15) is 14.4 Å². The smallest absolute Gasteiger partial charge is 0.326 e. The lowest BCUT2D eigenvalue weighted by Gasteiger charge is -2.21. The third-order valence-electron chi connectivity index (χ3n) is 7.32. The summed E-state index contributed by atoms with van der Waals surface area (Å²) in [4.78, 5) is 50.5. The van der Waals surface area contributed by atoms with E-state index in [1.165, 1.54) is 5.56 Å². The van der Waals surface area contributed by atoms with Crippen molar-refractivity contribution in [2.75, 3.05) is 6.54 Å². The Bertz CT molecular complexity index is 1950. The molecule has 3 aromatic carbocycles. The number of carbonyl (C=O) groups is 1. The summed E-state index contributed by atoms with van der Waals surface area (Å²) in [5.74, 6) is 0.139. The molecule has 0 radical (unpaired) electrons. The number of guanidine groups is 1. The molecule has 1 aliphatic carbocycles. The Morgan fingerprint density at radius 2 is 1.68 bits per heavy atom. The first kappa shape index (κ1) is 23.8. The molecule has 1 aliphatic heterocycles. The molecule has 38 heavy (non-hydrogen) atoms. The maximum absolute atomic E-state index is 12.9. The molecule has 1 aromatic heterocycles. The second kappa shape index (κ2) is 9.06. The Hall–Kier alpha value is -4.59. The molecule has 8 nitrogen and oxygen atoms in total. The van der Waals surface area contributed by atoms with Crippen LogP contribution in [-0.2, 0) is 4.79 Å². The highest BCUT2D eigenvalue weighted by molar-refractivity contribution is 6.29. The number of hydrogen-bond acceptors (Lipinski definition) is 5. The molecule has 4 aromatic rings. The number of rotatable bonds is 4. The molecule has 0 saturated heterocycles. The molecule has 2 heterocycles. The van der Waals surface area contributed by atoms with Gasteiger partial charge < -0.3 is 10.3 Å². The number of aromatic amines is 2. The zero-order chi connectivity index (χ0) is 26.6. The van der Waals surface area contributed by atoms with Gasteiger partial charge in [0.25, 0.3) is 11.5 Å². The molecule has 0 fully saturated rings. The fourth-order valence-electron chi connectivity index (χ4n) is 5.04. The van der Waals surface area contributed by atoms with Crippen LogP contribution >= 0.6 is 0 Å². The average molecular weight is 506 g/mol. The molecule has 2 atom stereocenters. The van der Waals surface area contributed by atoms with Crippen LogP contribution in [0.1, 0.15) is 43.7 Å². The largest absolute Gasteiger partial charge is 0.354 e. The van der Waals surface area contributed by atoms with Gasteiger partial charge in [0.1, 0.15) is 5.92 Å². The first-order chi connectivity index (χ1) is 18.2. The Kier molecular flexibility index (Phi) is 5.67. The standard InChI is InChI=1S/C30H27N5O3/c1-15(2)17-4-6-19-12-25-23(10-21(19)8-17)27(36)34-29(32-25)31-14-16(3)18-5-7-20-13-26-24(11-22(20)9-18)28(37)35-30(38)33-26/h4-13,15-16,23H,14H2,1-3H3,(H,31,34,36)(H2,33,35,37,38). The first-order valence-electron chi connectivity index (χ1n) is 12.7. The minimum absolute atomic E-state index is 0.0803. The Morgan fingerprint density at radius 3 is 2.50 bits per heavy atom. The van der Waals surface area contributed by atoms with Crippen LogP contribution in [0, 0.1) is 5.92 Å². The number of H-pyrrole nitrogens is 2. The molecule has 0 spiro atoms. The minimum Gasteiger partial charge on any atom is -0.354 e. The summed E-state index contributed by atoms with van der Waals surface area (Å²) < 4.78 is 0. The molecular weight excluding hydrogens is 478 g/mol. The van der Waals surface area contributed by atoms with Gasteiger partial charge in [-0.05, 0) is 62.4 Å². The van der Waals surface area contributed by atoms with Gasteiger partial charge in [0.2, 0.25) is 5.96 Å². The average Bonchev–Trinajstić information content (AvgIpc) is 2.89. The number of amides is 1. The van der Waals surface area contributed by atoms with E-state index in [0.29, 0.717) is 35.0 Å². The van der Waals surface area contributed by atoms with E-state index in [4.69, 9.17) is 0 Å². The summed E-state index contributed by atoms with van der Waals surface area (Å²) in [6.45, 7) is 6.91. The molecule has 190 valence electrons. The van der Waals surface area contributed by atoms with E-state index in [0.717, 1.165) is 26.8 Å². The summed E-state index contributed by atoms with van der Waals surface area (Å²) >= 11 is 0. The molecule has 6 rings (SSSR count). The molecule has 2 unspecified atom stereocenters. The number of hydrogen-bond donors (Lipinski definition) is 3. The highest BCUT2D eigenvalue weighted by atomic mass is 16.2. The van der Waals surface area contributed by atoms with Crippen molar-refractivity contribution >= 4 is 51.4 Å². The van der Waals surface area contributed by atoms with Crippen molar-refractivity contribution in [2.24, 2.45) is 15.9 Å². The molecule has 1 amide bonds. The number of nitrogens with one attached hydrogen (secondary N) is 3. The lowest BCUT2D eigenvalue weighted by Crippen LogP contribution is -2.40. The number of nitrogens with zero attached hydrogens (tertiary/aromatic N) is 2. The molecule has 3 N–H and O–H groups in total. The van der Waals surface area contributed by atoms with E-state index >= 15 is 0 Å². The van der Waals surface area contributed by atoms with Gasteiger partial charge in [0.05, 0.1) is 16.6 Å². The van der Waals surface area contributed by atoms with Crippen molar-refractivity contribution in [1.82, 2.24) is 15.3 Å². The van der Waals surface area contributed by atoms with Gasteiger partial charge in [-0.3, -0.25) is 14.6 Å². The third kappa shape index (κ3) is 4.28. The van der Waals surface area contributed by atoms with Gasteiger partial charge in [0, 0.05) is 6.54 Å². The van der Waals surface area contributed by atoms with Crippen LogP contribution in [0.3, 0.4) is 0 Å². The van der Waals surface area contributed by atoms with Gasteiger partial charge in [-0.2, -0.15) is 4.99 Å². The monoisotopic (exact) mass is 505 g/mol. The van der Waals surface area contributed by atoms with Crippen LogP contribution in [0.2, 0.25) is 0 Å². The van der Waals surface area contributed by atoms with Crippen molar-refractivity contribution in [3.05, 3.63) is 90.9 Å². The van der Waals surface area contributed by atoms with Crippen LogP contribution in [0.15, 0.2) is 68.1 Å². The second-order valence-corrected chi connectivity index (χ2v) is 10.3. The van der Waals surface area contributed by atoms with Crippen molar-refractivity contribution < 1.29 is 4.79 Å². The van der Waals surface area contributed by atoms with E-state index in [1.807, 2.05) is 36.4 Å². The Labute approximate surface area is 217 Å². The molecule has 0 saturated carbocycles. The second-order valence-electron chi connectivity index (χ2n) is 10.3. The maximum atomic E-state index is 12.9. The van der Waals surface area contributed by atoms with Crippen LogP contribution in [0.4, 0.5) is 0 Å². The molecule has 0 bridgehead atoms. The first-order valence-corrected chi connectivity index (χ1v) is 12.7. The topological polar surface area (TPSA) is 120 Å². The minimum atomic E-state index is -0.523. The van der Waals surface area contributed by atoms with Gasteiger partial charge >= 0.3 is 5.69 Å². The normalized spacial score (nSPS) is 17.3. The van der Waals surface area contributed by atoms with Gasteiger partial charge in [-0.15, -0.1) is 0 Å². The summed E-state index contributed by atoms with van der Waals surface area (Å²) in [5.41, 5.74) is 2.57. The lowest BCUT2D eigenvalue weighted by molar-refractivity contribution is -0.118. The van der Waals surface area contributed by atoms with Gasteiger partial charge in [0.15, 0.2) is 0 Å². The predicted octanol–water partition coefficient (Wildman–Crippen LogP) is 2.41. The SMILES string of the molecule is CC(C)c1ccc2c(c1)=CC1C(=O)N=C(NCC(C)c3ccc4cc5[nH]c(=O)[nH]c(=O)c5cc4c3)N=C1C=2. The summed E-state index contributed by atoms with van der Waals surface area (Å²) in [6, 6.07) is 16.0. The Morgan fingerprint density at radius 1 is 0.868 bits per heavy atom. The van der Waals surface area contributed by atoms with Crippen LogP contribution < -0.4 is 27.0 Å². The predicted molar refractivity (Wildman–Crippen MR) is 151 cm³/mol. The van der Waals surface area contributed by atoms with E-state index in [2.05, 4.69) is 64.2 Å².